The second-order valence-corrected chi connectivity index (χ2v) is 13.3. The highest BCUT2D eigenvalue weighted by Gasteiger charge is 2.34. The minimum atomic E-state index is -4.17. The molecule has 1 N–H and O–H groups in total. The molecule has 1 atom stereocenters. The Kier molecular flexibility index (Phi) is 11.3. The maximum Gasteiger partial charge on any atom is 0.264 e. The zero-order chi connectivity index (χ0) is 31.0. The van der Waals surface area contributed by atoms with E-state index < -0.39 is 28.5 Å². The van der Waals surface area contributed by atoms with Crippen LogP contribution in [-0.4, -0.2) is 44.3 Å². The molecule has 0 fully saturated rings. The number of carbonyl (C=O) groups excluding carboxylic acids is 2. The van der Waals surface area contributed by atoms with Crippen molar-refractivity contribution in [3.8, 4) is 0 Å². The average Bonchev–Trinajstić information content (AvgIpc) is 3.00. The fraction of sp³-hybridized carbons (Fsp3) is 0.188. The van der Waals surface area contributed by atoms with E-state index in [-0.39, 0.29) is 23.8 Å². The average molecular weight is 703 g/mol. The summed E-state index contributed by atoms with van der Waals surface area (Å²) in [4.78, 5) is 29.3. The molecular formula is C32H30BrCl2N3O4S. The monoisotopic (exact) mass is 701 g/mol. The highest BCUT2D eigenvalue weighted by atomic mass is 79.9. The van der Waals surface area contributed by atoms with Crippen LogP contribution in [0.3, 0.4) is 0 Å². The molecule has 4 rings (SSSR count). The number of nitrogens with one attached hydrogen (secondary N) is 1. The third-order valence-electron chi connectivity index (χ3n) is 6.70. The molecule has 0 aliphatic heterocycles. The minimum Gasteiger partial charge on any atom is -0.355 e. The van der Waals surface area contributed by atoms with Crippen molar-refractivity contribution in [3.63, 3.8) is 0 Å². The molecule has 2 amide bonds. The second kappa shape index (κ2) is 14.9. The summed E-state index contributed by atoms with van der Waals surface area (Å²) in [5, 5.41) is 3.58. The summed E-state index contributed by atoms with van der Waals surface area (Å²) in [7, 11) is -4.17. The molecule has 0 saturated heterocycles. The number of nitrogens with zero attached hydrogens (tertiary/aromatic N) is 2. The SMILES string of the molecule is CCNC(=O)C(Cc1ccccc1)N(Cc1ccc(Cl)cc1Cl)C(=O)CN(c1ccc(Br)cc1)S(=O)(=O)c1ccccc1. The summed E-state index contributed by atoms with van der Waals surface area (Å²) in [6, 6.07) is 27.8. The summed E-state index contributed by atoms with van der Waals surface area (Å²) in [6.45, 7) is 1.53. The van der Waals surface area contributed by atoms with Crippen molar-refractivity contribution in [1.29, 1.82) is 0 Å². The number of likely N-dealkylation sites (N-methyl/N-ethyl adjacent to an activating group) is 1. The van der Waals surface area contributed by atoms with Crippen LogP contribution in [0.25, 0.3) is 0 Å². The van der Waals surface area contributed by atoms with E-state index in [0.29, 0.717) is 27.8 Å². The summed E-state index contributed by atoms with van der Waals surface area (Å²) in [5.41, 5.74) is 1.69. The van der Waals surface area contributed by atoms with E-state index >= 15 is 0 Å². The van der Waals surface area contributed by atoms with Gasteiger partial charge in [0.2, 0.25) is 11.8 Å². The molecule has 224 valence electrons. The minimum absolute atomic E-state index is 0.0302. The van der Waals surface area contributed by atoms with E-state index in [1.165, 1.54) is 17.0 Å². The molecule has 0 heterocycles. The van der Waals surface area contributed by atoms with Crippen molar-refractivity contribution in [2.24, 2.45) is 0 Å². The largest absolute Gasteiger partial charge is 0.355 e. The lowest BCUT2D eigenvalue weighted by molar-refractivity contribution is -0.140. The predicted octanol–water partition coefficient (Wildman–Crippen LogP) is 6.73. The Morgan fingerprint density at radius 2 is 1.51 bits per heavy atom. The van der Waals surface area contributed by atoms with Gasteiger partial charge >= 0.3 is 0 Å². The molecule has 0 aliphatic rings. The van der Waals surface area contributed by atoms with Crippen molar-refractivity contribution in [2.75, 3.05) is 17.4 Å². The fourth-order valence-corrected chi connectivity index (χ4v) is 6.70. The van der Waals surface area contributed by atoms with Crippen molar-refractivity contribution in [2.45, 2.75) is 30.8 Å². The van der Waals surface area contributed by atoms with E-state index in [9.17, 15) is 18.0 Å². The van der Waals surface area contributed by atoms with Crippen LogP contribution in [0.4, 0.5) is 5.69 Å². The molecule has 11 heteroatoms. The van der Waals surface area contributed by atoms with Gasteiger partial charge < -0.3 is 10.2 Å². The number of hydrogen-bond donors (Lipinski definition) is 1. The molecule has 0 spiro atoms. The van der Waals surface area contributed by atoms with Crippen LogP contribution in [0.5, 0.6) is 0 Å². The predicted molar refractivity (Wildman–Crippen MR) is 175 cm³/mol. The summed E-state index contributed by atoms with van der Waals surface area (Å²) >= 11 is 16.0. The van der Waals surface area contributed by atoms with Gasteiger partial charge in [-0.3, -0.25) is 13.9 Å². The molecule has 4 aromatic rings. The lowest BCUT2D eigenvalue weighted by atomic mass is 10.0. The van der Waals surface area contributed by atoms with Gasteiger partial charge in [-0.1, -0.05) is 93.7 Å². The number of amides is 2. The van der Waals surface area contributed by atoms with Crippen molar-refractivity contribution >= 4 is 66.7 Å². The first kappa shape index (κ1) is 32.5. The van der Waals surface area contributed by atoms with E-state index in [1.807, 2.05) is 30.3 Å². The number of hydrogen-bond acceptors (Lipinski definition) is 4. The van der Waals surface area contributed by atoms with Gasteiger partial charge in [-0.15, -0.1) is 0 Å². The van der Waals surface area contributed by atoms with Crippen LogP contribution < -0.4 is 9.62 Å². The number of rotatable bonds is 12. The molecule has 0 bridgehead atoms. The Morgan fingerprint density at radius 3 is 2.12 bits per heavy atom. The van der Waals surface area contributed by atoms with Gasteiger partial charge in [0.1, 0.15) is 12.6 Å². The molecular weight excluding hydrogens is 673 g/mol. The quantitative estimate of drug-likeness (QED) is 0.178. The van der Waals surface area contributed by atoms with Gasteiger partial charge in [0.15, 0.2) is 0 Å². The Labute approximate surface area is 270 Å². The first-order valence-corrected chi connectivity index (χ1v) is 16.5. The highest BCUT2D eigenvalue weighted by molar-refractivity contribution is 9.10. The van der Waals surface area contributed by atoms with Gasteiger partial charge in [0.25, 0.3) is 10.0 Å². The van der Waals surface area contributed by atoms with Crippen molar-refractivity contribution in [3.05, 3.63) is 129 Å². The Morgan fingerprint density at radius 1 is 0.884 bits per heavy atom. The molecule has 0 saturated carbocycles. The molecule has 1 unspecified atom stereocenters. The van der Waals surface area contributed by atoms with E-state index in [0.717, 1.165) is 14.3 Å². The van der Waals surface area contributed by atoms with Crippen LogP contribution in [0.15, 0.2) is 112 Å². The topological polar surface area (TPSA) is 86.8 Å². The zero-order valence-electron chi connectivity index (χ0n) is 23.3. The highest BCUT2D eigenvalue weighted by Crippen LogP contribution is 2.28. The summed E-state index contributed by atoms with van der Waals surface area (Å²) in [5.74, 6) is -0.952. The van der Waals surface area contributed by atoms with Crippen LogP contribution in [0.2, 0.25) is 10.0 Å². The first-order valence-electron chi connectivity index (χ1n) is 13.5. The fourth-order valence-electron chi connectivity index (χ4n) is 4.54. The summed E-state index contributed by atoms with van der Waals surface area (Å²) < 4.78 is 29.7. The molecule has 7 nitrogen and oxygen atoms in total. The van der Waals surface area contributed by atoms with Crippen molar-refractivity contribution < 1.29 is 18.0 Å². The maximum absolute atomic E-state index is 14.4. The molecule has 0 aromatic heterocycles. The van der Waals surface area contributed by atoms with Gasteiger partial charge in [-0.25, -0.2) is 8.42 Å². The van der Waals surface area contributed by atoms with Crippen LogP contribution in [0.1, 0.15) is 18.1 Å². The van der Waals surface area contributed by atoms with Gasteiger partial charge in [0, 0.05) is 34.0 Å². The van der Waals surface area contributed by atoms with Gasteiger partial charge in [0.05, 0.1) is 10.6 Å². The third kappa shape index (κ3) is 8.38. The number of benzene rings is 4. The lowest BCUT2D eigenvalue weighted by Gasteiger charge is -2.34. The second-order valence-electron chi connectivity index (χ2n) is 9.66. The molecule has 43 heavy (non-hydrogen) atoms. The van der Waals surface area contributed by atoms with Gasteiger partial charge in [-0.05, 0) is 66.6 Å². The van der Waals surface area contributed by atoms with Crippen molar-refractivity contribution in [1.82, 2.24) is 10.2 Å². The Bertz CT molecular complexity index is 1660. The van der Waals surface area contributed by atoms with Crippen LogP contribution in [-0.2, 0) is 32.6 Å². The third-order valence-corrected chi connectivity index (χ3v) is 9.61. The van der Waals surface area contributed by atoms with E-state index in [1.54, 1.807) is 67.6 Å². The maximum atomic E-state index is 14.4. The Hall–Kier alpha value is -3.37. The van der Waals surface area contributed by atoms with Crippen LogP contribution >= 0.6 is 39.1 Å². The molecule has 4 aromatic carbocycles. The number of carbonyl (C=O) groups is 2. The van der Waals surface area contributed by atoms with E-state index in [4.69, 9.17) is 23.2 Å². The number of sulfonamides is 1. The zero-order valence-corrected chi connectivity index (χ0v) is 27.2. The number of anilines is 1. The molecule has 0 radical (unpaired) electrons. The standard InChI is InChI=1S/C32H30BrCl2N3O4S/c1-2-36-32(40)30(19-23-9-5-3-6-10-23)37(21-24-13-16-26(34)20-29(24)35)31(39)22-38(27-17-14-25(33)15-18-27)43(41,42)28-11-7-4-8-12-28/h3-18,20,30H,2,19,21-22H2,1H3,(H,36,40). The van der Waals surface area contributed by atoms with E-state index in [2.05, 4.69) is 21.2 Å². The van der Waals surface area contributed by atoms with Gasteiger partial charge in [-0.2, -0.15) is 0 Å². The van der Waals surface area contributed by atoms with Crippen LogP contribution in [0, 0.1) is 0 Å². The lowest BCUT2D eigenvalue weighted by Crippen LogP contribution is -2.53. The first-order chi connectivity index (χ1) is 20.6. The molecule has 0 aliphatic carbocycles. The summed E-state index contributed by atoms with van der Waals surface area (Å²) in [6.07, 6.45) is 0.202. The smallest absolute Gasteiger partial charge is 0.264 e. The Balaban J connectivity index is 1.80. The number of halogens is 3. The normalized spacial score (nSPS) is 11.9.